The molecule has 2 atom stereocenters. The van der Waals surface area contributed by atoms with Crippen LogP contribution < -0.4 is 0 Å². The van der Waals surface area contributed by atoms with Gasteiger partial charge in [-0.15, -0.1) is 11.3 Å². The number of allylic oxidation sites excluding steroid dienone is 1. The average molecular weight is 498 g/mol. The van der Waals surface area contributed by atoms with E-state index >= 15 is 0 Å². The number of benzene rings is 2. The molecule has 1 unspecified atom stereocenters. The lowest BCUT2D eigenvalue weighted by Gasteiger charge is -2.44. The van der Waals surface area contributed by atoms with Crippen molar-refractivity contribution in [3.05, 3.63) is 87.6 Å². The van der Waals surface area contributed by atoms with Crippen molar-refractivity contribution < 1.29 is 4.79 Å². The van der Waals surface area contributed by atoms with E-state index in [1.54, 1.807) is 18.4 Å². The highest BCUT2D eigenvalue weighted by Crippen LogP contribution is 2.47. The maximum Gasteiger partial charge on any atom is 0.236 e. The molecule has 36 heavy (non-hydrogen) atoms. The van der Waals surface area contributed by atoms with Crippen molar-refractivity contribution in [1.82, 2.24) is 4.90 Å². The van der Waals surface area contributed by atoms with Crippen LogP contribution in [0, 0.1) is 17.7 Å². The van der Waals surface area contributed by atoms with E-state index in [4.69, 9.17) is 10.8 Å². The van der Waals surface area contributed by atoms with E-state index < -0.39 is 11.3 Å². The first-order chi connectivity index (χ1) is 16.7. The minimum absolute atomic E-state index is 0.00312. The van der Waals surface area contributed by atoms with Gasteiger partial charge in [0.15, 0.2) is 0 Å². The Morgan fingerprint density at radius 3 is 2.28 bits per heavy atom. The lowest BCUT2D eigenvalue weighted by molar-refractivity contribution is -0.129. The van der Waals surface area contributed by atoms with E-state index in [-0.39, 0.29) is 22.9 Å². The monoisotopic (exact) mass is 497 g/mol. The second-order valence-corrected chi connectivity index (χ2v) is 12.1. The molecule has 1 aliphatic heterocycles. The zero-order valence-corrected chi connectivity index (χ0v) is 23.1. The maximum atomic E-state index is 13.7. The molecule has 1 fully saturated rings. The maximum absolute atomic E-state index is 13.7. The van der Waals surface area contributed by atoms with Crippen molar-refractivity contribution in [3.63, 3.8) is 0 Å². The van der Waals surface area contributed by atoms with Crippen LogP contribution in [0.1, 0.15) is 67.7 Å². The predicted octanol–water partition coefficient (Wildman–Crippen LogP) is 7.56. The Morgan fingerprint density at radius 1 is 1.06 bits per heavy atom. The van der Waals surface area contributed by atoms with Crippen molar-refractivity contribution in [2.75, 3.05) is 7.05 Å². The van der Waals surface area contributed by atoms with Crippen molar-refractivity contribution in [2.45, 2.75) is 58.3 Å². The number of carbonyl (C=O) groups excluding carboxylic acids is 1. The number of likely N-dealkylation sites (tertiary alicyclic amines) is 1. The summed E-state index contributed by atoms with van der Waals surface area (Å²) in [5, 5.41) is 19.7. The molecule has 3 aromatic rings. The van der Waals surface area contributed by atoms with Crippen LogP contribution in [0.25, 0.3) is 16.7 Å². The van der Waals surface area contributed by atoms with Gasteiger partial charge in [0.25, 0.3) is 0 Å². The Kier molecular flexibility index (Phi) is 6.42. The second kappa shape index (κ2) is 8.97. The van der Waals surface area contributed by atoms with E-state index in [0.29, 0.717) is 0 Å². The lowest BCUT2D eigenvalue weighted by Crippen LogP contribution is -2.58. The summed E-state index contributed by atoms with van der Waals surface area (Å²) in [6, 6.07) is 16.7. The Morgan fingerprint density at radius 2 is 1.69 bits per heavy atom. The number of hydrogen-bond acceptors (Lipinski definition) is 4. The summed E-state index contributed by atoms with van der Waals surface area (Å²) in [4.78, 5) is 15.9. The zero-order chi connectivity index (χ0) is 26.6. The summed E-state index contributed by atoms with van der Waals surface area (Å²) in [6.07, 6.45) is 0. The number of piperidine rings is 1. The van der Waals surface area contributed by atoms with Crippen molar-refractivity contribution in [3.8, 4) is 11.1 Å². The quantitative estimate of drug-likeness (QED) is 0.383. The molecule has 0 aliphatic carbocycles. The minimum atomic E-state index is -0.951. The first-order valence-electron chi connectivity index (χ1n) is 12.2. The zero-order valence-electron chi connectivity index (χ0n) is 22.2. The number of carbonyl (C=O) groups is 1. The molecule has 1 saturated heterocycles. The second-order valence-electron chi connectivity index (χ2n) is 11.2. The van der Waals surface area contributed by atoms with Crippen molar-refractivity contribution in [2.24, 2.45) is 0 Å². The highest BCUT2D eigenvalue weighted by atomic mass is 32.1. The van der Waals surface area contributed by atoms with Crippen molar-refractivity contribution >= 4 is 34.4 Å². The van der Waals surface area contributed by atoms with Crippen LogP contribution in [-0.4, -0.2) is 29.4 Å². The smallest absolute Gasteiger partial charge is 0.236 e. The molecule has 0 saturated carbocycles. The summed E-state index contributed by atoms with van der Waals surface area (Å²) in [6.45, 7) is 16.6. The molecule has 0 spiro atoms. The minimum Gasteiger partial charge on any atom is -0.300 e. The first-order valence-corrected chi connectivity index (χ1v) is 13.1. The number of likely N-dealkylation sites (N-methyl/N-ethyl adjacent to an activating group) is 1. The van der Waals surface area contributed by atoms with E-state index in [1.165, 1.54) is 10.5 Å². The standard InChI is InChI=1S/C31H35N3OS/c1-18(2)21-13-19(3)14-22(15-21)23-16-25(36-17-23)31(7)26(29(35)34(8)28(33)27(31)32)20-9-11-24(12-10-20)30(4,5)6/h9-17,26,32-33H,1H2,2-8H3/t26?,31-/m1/s1. The Hall–Kier alpha value is -3.31. The Balaban J connectivity index is 1.85. The highest BCUT2D eigenvalue weighted by molar-refractivity contribution is 7.10. The SMILES string of the molecule is C=C(C)c1cc(C)cc(-c2csc([C@@]3(C)C(=N)C(=N)N(C)C(=O)C3c3ccc(C(C)(C)C)cc3)c2)c1. The summed E-state index contributed by atoms with van der Waals surface area (Å²) >= 11 is 1.55. The molecular formula is C31H35N3OS. The molecule has 1 amide bonds. The van der Waals surface area contributed by atoms with Gasteiger partial charge in [0.2, 0.25) is 5.91 Å². The van der Waals surface area contributed by atoms with Gasteiger partial charge in [-0.25, -0.2) is 0 Å². The fourth-order valence-corrected chi connectivity index (χ4v) is 6.10. The molecule has 2 heterocycles. The highest BCUT2D eigenvalue weighted by Gasteiger charge is 2.53. The van der Waals surface area contributed by atoms with E-state index in [0.717, 1.165) is 38.3 Å². The largest absolute Gasteiger partial charge is 0.300 e. The van der Waals surface area contributed by atoms with E-state index in [1.807, 2.05) is 26.0 Å². The van der Waals surface area contributed by atoms with Gasteiger partial charge in [-0.2, -0.15) is 0 Å². The molecule has 4 rings (SSSR count). The molecule has 1 aromatic heterocycles. The summed E-state index contributed by atoms with van der Waals surface area (Å²) in [5.41, 5.74) is 6.69. The normalized spacial score (nSPS) is 20.7. The molecule has 0 radical (unpaired) electrons. The van der Waals surface area contributed by atoms with Gasteiger partial charge < -0.3 is 5.41 Å². The van der Waals surface area contributed by atoms with Gasteiger partial charge in [0, 0.05) is 11.9 Å². The summed E-state index contributed by atoms with van der Waals surface area (Å²) < 4.78 is 0. The molecule has 4 nitrogen and oxygen atoms in total. The van der Waals surface area contributed by atoms with Crippen molar-refractivity contribution in [1.29, 1.82) is 10.8 Å². The van der Waals surface area contributed by atoms with Crippen LogP contribution in [-0.2, 0) is 15.6 Å². The van der Waals surface area contributed by atoms with Crippen LogP contribution in [0.5, 0.6) is 0 Å². The van der Waals surface area contributed by atoms with E-state index in [9.17, 15) is 4.79 Å². The molecule has 5 heteroatoms. The van der Waals surface area contributed by atoms with Gasteiger partial charge in [-0.1, -0.05) is 69.3 Å². The number of thiophene rings is 1. The number of amides is 1. The fourth-order valence-electron chi connectivity index (χ4n) is 4.98. The summed E-state index contributed by atoms with van der Waals surface area (Å²) in [7, 11) is 1.60. The first kappa shape index (κ1) is 25.8. The predicted molar refractivity (Wildman–Crippen MR) is 153 cm³/mol. The van der Waals surface area contributed by atoms with E-state index in [2.05, 4.69) is 76.1 Å². The van der Waals surface area contributed by atoms with Crippen LogP contribution in [0.3, 0.4) is 0 Å². The van der Waals surface area contributed by atoms with Gasteiger partial charge in [0.1, 0.15) is 5.84 Å². The van der Waals surface area contributed by atoms with Crippen LogP contribution in [0.2, 0.25) is 0 Å². The molecule has 2 N–H and O–H groups in total. The van der Waals surface area contributed by atoms with Gasteiger partial charge >= 0.3 is 0 Å². The van der Waals surface area contributed by atoms with Crippen LogP contribution in [0.15, 0.2) is 60.5 Å². The lowest BCUT2D eigenvalue weighted by atomic mass is 9.65. The summed E-state index contributed by atoms with van der Waals surface area (Å²) in [5.74, 6) is -0.787. The number of aryl methyl sites for hydroxylation is 1. The number of nitrogens with one attached hydrogen (secondary N) is 2. The number of rotatable bonds is 4. The van der Waals surface area contributed by atoms with Crippen LogP contribution in [0.4, 0.5) is 0 Å². The Labute approximate surface area is 218 Å². The van der Waals surface area contributed by atoms with Gasteiger partial charge in [0.05, 0.1) is 17.0 Å². The number of hydrogen-bond donors (Lipinski definition) is 2. The molecule has 0 bridgehead atoms. The average Bonchev–Trinajstić information content (AvgIpc) is 3.32. The third-order valence-corrected chi connectivity index (χ3v) is 8.54. The molecule has 186 valence electrons. The number of nitrogens with zero attached hydrogens (tertiary/aromatic N) is 1. The van der Waals surface area contributed by atoms with Crippen LogP contribution >= 0.6 is 11.3 Å². The third kappa shape index (κ3) is 4.26. The fraction of sp³-hybridized carbons (Fsp3) is 0.323. The number of amidine groups is 1. The molecule has 2 aromatic carbocycles. The third-order valence-electron chi connectivity index (χ3n) is 7.37. The molecule has 1 aliphatic rings. The van der Waals surface area contributed by atoms with Gasteiger partial charge in [-0.05, 0) is 77.1 Å². The Bertz CT molecular complexity index is 1390. The molecular weight excluding hydrogens is 462 g/mol. The topological polar surface area (TPSA) is 68.0 Å². The van der Waals surface area contributed by atoms with Gasteiger partial charge in [-0.3, -0.25) is 15.1 Å².